The summed E-state index contributed by atoms with van der Waals surface area (Å²) < 4.78 is 46.0. The highest BCUT2D eigenvalue weighted by molar-refractivity contribution is 9.10. The highest BCUT2D eigenvalue weighted by atomic mass is 79.9. The SMILES string of the molecule is Brc1ncccn1.C1=CCN=C1.O=C(NC1CC(F)(F)C1)C(c1ccccc1Cl)N(C(=O)c1ccnn1-c1ncccn1)c1cccc(F)c1.O=C(O)c1ccnn1-c1ncccn1.c1cnc(-n2cccn2)nc1. The number of aromatic carboxylic acids is 1. The smallest absolute Gasteiger partial charge is 0.354 e. The molecule has 0 radical (unpaired) electrons. The van der Waals surface area contributed by atoms with Crippen LogP contribution in [0.5, 0.6) is 0 Å². The third-order valence-corrected chi connectivity index (χ3v) is 10.7. The van der Waals surface area contributed by atoms with Gasteiger partial charge in [-0.2, -0.15) is 24.7 Å². The van der Waals surface area contributed by atoms with E-state index in [2.05, 4.69) is 81.4 Å². The van der Waals surface area contributed by atoms with Gasteiger partial charge in [-0.3, -0.25) is 19.5 Å². The zero-order chi connectivity index (χ0) is 53.0. The number of nitrogens with one attached hydrogen (secondary N) is 1. The summed E-state index contributed by atoms with van der Waals surface area (Å²) >= 11 is 9.55. The summed E-state index contributed by atoms with van der Waals surface area (Å²) in [5.74, 6) is -5.16. The first-order valence-corrected chi connectivity index (χ1v) is 23.3. The number of nitrogens with zero attached hydrogens (tertiary/aromatic N) is 16. The van der Waals surface area contributed by atoms with Gasteiger partial charge in [0.1, 0.15) is 17.6 Å². The van der Waals surface area contributed by atoms with Crippen LogP contribution in [0.15, 0.2) is 187 Å². The number of carboxylic acids is 1. The van der Waals surface area contributed by atoms with E-state index in [0.29, 0.717) is 10.7 Å². The fraction of sp³-hybridized carbons (Fsp3) is 0.122. The molecule has 1 aliphatic heterocycles. The van der Waals surface area contributed by atoms with Gasteiger partial charge in [0.05, 0.1) is 18.9 Å². The van der Waals surface area contributed by atoms with Crippen molar-refractivity contribution in [1.82, 2.24) is 74.5 Å². The summed E-state index contributed by atoms with van der Waals surface area (Å²) in [6, 6.07) is 20.6. The number of halogens is 5. The highest BCUT2D eigenvalue weighted by Crippen LogP contribution is 2.39. The van der Waals surface area contributed by atoms with Crippen LogP contribution in [0.2, 0.25) is 5.02 Å². The molecule has 2 aliphatic rings. The quantitative estimate of drug-likeness (QED) is 0.125. The molecular weight excluding hydrogens is 1060 g/mol. The van der Waals surface area contributed by atoms with Crippen LogP contribution < -0.4 is 10.2 Å². The van der Waals surface area contributed by atoms with Crippen LogP contribution in [0.3, 0.4) is 0 Å². The van der Waals surface area contributed by atoms with E-state index in [0.717, 1.165) is 17.5 Å². The van der Waals surface area contributed by atoms with Crippen molar-refractivity contribution in [2.45, 2.75) is 30.8 Å². The number of anilines is 1. The molecule has 7 aromatic heterocycles. The lowest BCUT2D eigenvalue weighted by atomic mass is 9.87. The largest absolute Gasteiger partial charge is 0.477 e. The van der Waals surface area contributed by atoms with Gasteiger partial charge in [0, 0.05) is 103 Å². The van der Waals surface area contributed by atoms with Crippen LogP contribution in [0.4, 0.5) is 18.9 Å². The monoisotopic (exact) mass is 1100 g/mol. The van der Waals surface area contributed by atoms with Crippen molar-refractivity contribution >= 4 is 57.2 Å². The van der Waals surface area contributed by atoms with E-state index in [1.54, 1.807) is 90.5 Å². The molecule has 1 aliphatic carbocycles. The first-order chi connectivity index (χ1) is 36.4. The summed E-state index contributed by atoms with van der Waals surface area (Å²) in [5, 5.41) is 23.5. The Morgan fingerprint density at radius 1 is 0.693 bits per heavy atom. The summed E-state index contributed by atoms with van der Waals surface area (Å²) in [6.45, 7) is 0.889. The minimum atomic E-state index is -2.88. The lowest BCUT2D eigenvalue weighted by Crippen LogP contribution is -2.54. The Bertz CT molecular complexity index is 3290. The van der Waals surface area contributed by atoms with Gasteiger partial charge < -0.3 is 10.4 Å². The Morgan fingerprint density at radius 3 is 1.75 bits per heavy atom. The van der Waals surface area contributed by atoms with Gasteiger partial charge >= 0.3 is 5.97 Å². The topological polar surface area (TPSA) is 256 Å². The van der Waals surface area contributed by atoms with Crippen molar-refractivity contribution in [2.75, 3.05) is 11.4 Å². The van der Waals surface area contributed by atoms with Gasteiger partial charge in [-0.05, 0) is 88.7 Å². The number of hydrogen-bond donors (Lipinski definition) is 2. The molecule has 9 aromatic rings. The molecule has 1 fully saturated rings. The third-order valence-electron chi connectivity index (χ3n) is 9.99. The molecule has 0 spiro atoms. The first kappa shape index (κ1) is 53.6. The lowest BCUT2D eigenvalue weighted by molar-refractivity contribution is -0.130. The van der Waals surface area contributed by atoms with Crippen molar-refractivity contribution in [3.05, 3.63) is 210 Å². The molecule has 1 atom stereocenters. The predicted molar refractivity (Wildman–Crippen MR) is 270 cm³/mol. The molecule has 1 saturated carbocycles. The molecule has 2 aromatic carbocycles. The van der Waals surface area contributed by atoms with Gasteiger partial charge in [-0.15, -0.1) is 0 Å². The van der Waals surface area contributed by atoms with E-state index in [9.17, 15) is 27.6 Å². The second-order valence-electron chi connectivity index (χ2n) is 15.2. The molecule has 0 bridgehead atoms. The van der Waals surface area contributed by atoms with Crippen LogP contribution in [0, 0.1) is 5.82 Å². The maximum Gasteiger partial charge on any atom is 0.354 e. The number of benzene rings is 2. The number of carbonyl (C=O) groups is 3. The van der Waals surface area contributed by atoms with Crippen LogP contribution >= 0.6 is 27.5 Å². The summed E-state index contributed by atoms with van der Waals surface area (Å²) in [6.07, 6.45) is 23.7. The zero-order valence-corrected chi connectivity index (χ0v) is 41.2. The Balaban J connectivity index is 0.000000176. The van der Waals surface area contributed by atoms with E-state index in [-0.39, 0.29) is 39.6 Å². The summed E-state index contributed by atoms with van der Waals surface area (Å²) in [4.78, 5) is 75.1. The van der Waals surface area contributed by atoms with Gasteiger partial charge in [0.15, 0.2) is 10.4 Å². The molecule has 1 unspecified atom stereocenters. The number of alkyl halides is 2. The van der Waals surface area contributed by atoms with Crippen molar-refractivity contribution < 1.29 is 32.7 Å². The standard InChI is InChI=1S/C26H20ClF3N6O2.C8H6N4O2.C7H6N4.C4H3BrN2.C4H5N/c27-20-8-2-1-7-19(20)22(23(37)34-17-14-26(29,30)15-17)35(18-6-3-5-16(28)13-18)24(38)21-9-12-33-36(21)25-31-10-4-11-32-25;13-7(14)6-2-5-11-12(6)8-9-3-1-4-10-8;1-3-8-7(9-4-1)11-6-2-5-10-11;5-4-6-2-1-3-7-4;1-2-4-5-3-1/h1-13,17,22H,14-15H2,(H,34,37);1-5H,(H,13,14);1-6H;1-3H;1-3H,4H2. The number of rotatable bonds is 10. The van der Waals surface area contributed by atoms with Crippen molar-refractivity contribution in [1.29, 1.82) is 0 Å². The van der Waals surface area contributed by atoms with E-state index >= 15 is 0 Å². The minimum absolute atomic E-state index is 0.0273. The van der Waals surface area contributed by atoms with E-state index in [1.165, 1.54) is 82.9 Å². The molecule has 0 saturated heterocycles. The van der Waals surface area contributed by atoms with Crippen LogP contribution in [0.25, 0.3) is 17.8 Å². The maximum atomic E-state index is 14.4. The van der Waals surface area contributed by atoms with Crippen molar-refractivity contribution in [2.24, 2.45) is 4.99 Å². The Hall–Kier alpha value is -9.23. The summed E-state index contributed by atoms with van der Waals surface area (Å²) in [7, 11) is 0. The Labute approximate surface area is 437 Å². The summed E-state index contributed by atoms with van der Waals surface area (Å²) in [5.41, 5.74) is 0.268. The molecule has 2 amide bonds. The fourth-order valence-corrected chi connectivity index (χ4v) is 7.18. The number of amides is 2. The molecule has 2 N–H and O–H groups in total. The fourth-order valence-electron chi connectivity index (χ4n) is 6.70. The average molecular weight is 1100 g/mol. The number of aliphatic imine (C=N–C) groups is 1. The van der Waals surface area contributed by atoms with Crippen LogP contribution in [0.1, 0.15) is 45.4 Å². The maximum absolute atomic E-state index is 14.4. The van der Waals surface area contributed by atoms with Gasteiger partial charge in [0.25, 0.3) is 23.7 Å². The van der Waals surface area contributed by atoms with Crippen LogP contribution in [-0.2, 0) is 4.79 Å². The second-order valence-corrected chi connectivity index (χ2v) is 16.3. The molecule has 26 heteroatoms. The second kappa shape index (κ2) is 26.5. The first-order valence-electron chi connectivity index (χ1n) is 22.1. The van der Waals surface area contributed by atoms with Crippen molar-refractivity contribution in [3.63, 3.8) is 0 Å². The predicted octanol–water partition coefficient (Wildman–Crippen LogP) is 7.65. The Morgan fingerprint density at radius 2 is 1.27 bits per heavy atom. The molecule has 11 rings (SSSR count). The van der Waals surface area contributed by atoms with E-state index in [1.807, 2.05) is 18.2 Å². The van der Waals surface area contributed by atoms with E-state index < -0.39 is 54.4 Å². The molecular formula is C49H40BrClF3N17O4. The normalized spacial score (nSPS) is 13.1. The number of aromatic nitrogens is 14. The highest BCUT2D eigenvalue weighted by Gasteiger charge is 2.47. The molecule has 21 nitrogen and oxygen atoms in total. The number of carbonyl (C=O) groups excluding carboxylic acids is 2. The van der Waals surface area contributed by atoms with Gasteiger partial charge in [-0.1, -0.05) is 41.9 Å². The number of allylic oxidation sites excluding steroid dienone is 1. The minimum Gasteiger partial charge on any atom is -0.477 e. The Kier molecular flexibility index (Phi) is 18.9. The average Bonchev–Trinajstić information content (AvgIpc) is 4.29. The molecule has 75 heavy (non-hydrogen) atoms. The number of hydrogen-bond acceptors (Lipinski definition) is 15. The third kappa shape index (κ3) is 15.2. The molecule has 8 heterocycles. The number of carboxylic acid groups (broad SMARTS) is 1. The van der Waals surface area contributed by atoms with Crippen molar-refractivity contribution in [3.8, 4) is 17.8 Å². The van der Waals surface area contributed by atoms with Gasteiger partial charge in [-0.25, -0.2) is 62.5 Å². The lowest BCUT2D eigenvalue weighted by Gasteiger charge is -2.38. The van der Waals surface area contributed by atoms with Gasteiger partial charge in [0.2, 0.25) is 11.9 Å². The zero-order valence-electron chi connectivity index (χ0n) is 38.8. The van der Waals surface area contributed by atoms with Crippen LogP contribution in [-0.4, -0.2) is 117 Å². The molecule has 380 valence electrons. The van der Waals surface area contributed by atoms with E-state index in [4.69, 9.17) is 16.7 Å².